The van der Waals surface area contributed by atoms with E-state index in [1.54, 1.807) is 17.5 Å². The predicted octanol–water partition coefficient (Wildman–Crippen LogP) is 2.95. The van der Waals surface area contributed by atoms with Crippen LogP contribution < -0.4 is 10.6 Å². The summed E-state index contributed by atoms with van der Waals surface area (Å²) < 4.78 is 0. The van der Waals surface area contributed by atoms with E-state index < -0.39 is 0 Å². The fourth-order valence-corrected chi connectivity index (χ4v) is 2.54. The van der Waals surface area contributed by atoms with Crippen molar-refractivity contribution in [3.8, 4) is 0 Å². The summed E-state index contributed by atoms with van der Waals surface area (Å²) in [5.74, 6) is -0.0441. The Morgan fingerprint density at radius 2 is 2.26 bits per heavy atom. The number of carbonyl (C=O) groups is 1. The summed E-state index contributed by atoms with van der Waals surface area (Å²) in [6, 6.07) is 7.99. The normalized spacial score (nSPS) is 12.1. The fourth-order valence-electron chi connectivity index (χ4n) is 1.76. The second-order valence-electron chi connectivity index (χ2n) is 4.30. The Kier molecular flexibility index (Phi) is 4.65. The van der Waals surface area contributed by atoms with Crippen LogP contribution in [-0.2, 0) is 11.3 Å². The topological polar surface area (TPSA) is 54.0 Å². The van der Waals surface area contributed by atoms with E-state index in [-0.39, 0.29) is 11.9 Å². The Labute approximate surface area is 116 Å². The van der Waals surface area contributed by atoms with E-state index in [9.17, 15) is 4.79 Å². The molecule has 0 radical (unpaired) electrons. The van der Waals surface area contributed by atoms with E-state index in [0.717, 1.165) is 16.3 Å². The van der Waals surface area contributed by atoms with Gasteiger partial charge in [-0.25, -0.2) is 0 Å². The van der Waals surface area contributed by atoms with Crippen LogP contribution in [-0.4, -0.2) is 10.9 Å². The van der Waals surface area contributed by atoms with Gasteiger partial charge in [0.25, 0.3) is 0 Å². The summed E-state index contributed by atoms with van der Waals surface area (Å²) in [6.45, 7) is 4.31. The quantitative estimate of drug-likeness (QED) is 0.882. The number of nitrogens with zero attached hydrogens (tertiary/aromatic N) is 1. The van der Waals surface area contributed by atoms with Gasteiger partial charge in [-0.3, -0.25) is 9.78 Å². The van der Waals surface area contributed by atoms with Crippen LogP contribution in [0, 0.1) is 0 Å². The van der Waals surface area contributed by atoms with Crippen LogP contribution in [0.25, 0.3) is 0 Å². The zero-order chi connectivity index (χ0) is 13.7. The van der Waals surface area contributed by atoms with Gasteiger partial charge in [0.15, 0.2) is 0 Å². The van der Waals surface area contributed by atoms with Crippen molar-refractivity contribution in [1.82, 2.24) is 10.3 Å². The minimum absolute atomic E-state index is 0.0441. The third-order valence-electron chi connectivity index (χ3n) is 2.76. The monoisotopic (exact) mass is 275 g/mol. The van der Waals surface area contributed by atoms with E-state index in [1.807, 2.05) is 29.6 Å². The Bertz CT molecular complexity index is 539. The van der Waals surface area contributed by atoms with E-state index >= 15 is 0 Å². The molecular formula is C14H17N3OS. The van der Waals surface area contributed by atoms with Gasteiger partial charge in [-0.1, -0.05) is 6.07 Å². The van der Waals surface area contributed by atoms with Crippen molar-refractivity contribution in [3.63, 3.8) is 0 Å². The summed E-state index contributed by atoms with van der Waals surface area (Å²) in [6.07, 6.45) is 1.79. The Morgan fingerprint density at radius 1 is 1.42 bits per heavy atom. The van der Waals surface area contributed by atoms with Crippen molar-refractivity contribution in [1.29, 1.82) is 0 Å². The van der Waals surface area contributed by atoms with E-state index in [0.29, 0.717) is 6.54 Å². The molecular weight excluding hydrogens is 258 g/mol. The van der Waals surface area contributed by atoms with E-state index in [4.69, 9.17) is 0 Å². The number of amides is 1. The van der Waals surface area contributed by atoms with Gasteiger partial charge in [0, 0.05) is 30.6 Å². The van der Waals surface area contributed by atoms with Crippen LogP contribution >= 0.6 is 11.3 Å². The molecule has 0 bridgehead atoms. The number of pyridine rings is 1. The highest BCUT2D eigenvalue weighted by Gasteiger charge is 2.09. The van der Waals surface area contributed by atoms with Crippen molar-refractivity contribution in [2.45, 2.75) is 26.4 Å². The number of aromatic nitrogens is 1. The number of carbonyl (C=O) groups excluding carboxylic acids is 1. The first-order chi connectivity index (χ1) is 9.16. The molecule has 2 rings (SSSR count). The van der Waals surface area contributed by atoms with Crippen LogP contribution in [0.4, 0.5) is 5.69 Å². The highest BCUT2D eigenvalue weighted by molar-refractivity contribution is 7.10. The summed E-state index contributed by atoms with van der Waals surface area (Å²) in [4.78, 5) is 16.5. The van der Waals surface area contributed by atoms with Gasteiger partial charge < -0.3 is 10.6 Å². The molecule has 100 valence electrons. The van der Waals surface area contributed by atoms with E-state index in [1.165, 1.54) is 6.92 Å². The molecule has 1 unspecified atom stereocenters. The molecule has 2 N–H and O–H groups in total. The average molecular weight is 275 g/mol. The van der Waals surface area contributed by atoms with Gasteiger partial charge in [0.2, 0.25) is 5.91 Å². The maximum atomic E-state index is 11.1. The largest absolute Gasteiger partial charge is 0.325 e. The number of nitrogens with one attached hydrogen (secondary N) is 2. The SMILES string of the molecule is CC(=O)Nc1ccsc1CNC(C)c1ccccn1. The maximum Gasteiger partial charge on any atom is 0.221 e. The lowest BCUT2D eigenvalue weighted by Gasteiger charge is -2.13. The molecule has 4 nitrogen and oxygen atoms in total. The fraction of sp³-hybridized carbons (Fsp3) is 0.286. The molecule has 19 heavy (non-hydrogen) atoms. The van der Waals surface area contributed by atoms with Gasteiger partial charge >= 0.3 is 0 Å². The second kappa shape index (κ2) is 6.45. The molecule has 0 aliphatic rings. The zero-order valence-corrected chi connectivity index (χ0v) is 11.8. The number of thiophene rings is 1. The molecule has 2 aromatic rings. The molecule has 0 spiro atoms. The lowest BCUT2D eigenvalue weighted by Crippen LogP contribution is -2.19. The van der Waals surface area contributed by atoms with Crippen molar-refractivity contribution in [2.24, 2.45) is 0 Å². The van der Waals surface area contributed by atoms with Gasteiger partial charge in [-0.05, 0) is 30.5 Å². The molecule has 0 saturated heterocycles. The van der Waals surface area contributed by atoms with Crippen molar-refractivity contribution in [2.75, 3.05) is 5.32 Å². The van der Waals surface area contributed by atoms with Crippen molar-refractivity contribution >= 4 is 22.9 Å². The van der Waals surface area contributed by atoms with Gasteiger partial charge in [0.05, 0.1) is 11.4 Å². The molecule has 0 fully saturated rings. The number of rotatable bonds is 5. The van der Waals surface area contributed by atoms with Crippen LogP contribution in [0.15, 0.2) is 35.8 Å². The Balaban J connectivity index is 1.95. The molecule has 5 heteroatoms. The standard InChI is InChI=1S/C14H17N3OS/c1-10(12-5-3-4-7-15-12)16-9-14-13(6-8-19-14)17-11(2)18/h3-8,10,16H,9H2,1-2H3,(H,17,18). The maximum absolute atomic E-state index is 11.1. The van der Waals surface area contributed by atoms with Gasteiger partial charge in [0.1, 0.15) is 0 Å². The minimum atomic E-state index is -0.0441. The molecule has 1 atom stereocenters. The zero-order valence-electron chi connectivity index (χ0n) is 11.0. The third kappa shape index (κ3) is 3.87. The highest BCUT2D eigenvalue weighted by Crippen LogP contribution is 2.23. The molecule has 0 aromatic carbocycles. The number of hydrogen-bond donors (Lipinski definition) is 2. The summed E-state index contributed by atoms with van der Waals surface area (Å²) in [5.41, 5.74) is 1.90. The smallest absolute Gasteiger partial charge is 0.221 e. The Hall–Kier alpha value is -1.72. The number of anilines is 1. The minimum Gasteiger partial charge on any atom is -0.325 e. The van der Waals surface area contributed by atoms with Gasteiger partial charge in [-0.15, -0.1) is 11.3 Å². The molecule has 2 aromatic heterocycles. The predicted molar refractivity (Wildman–Crippen MR) is 78.1 cm³/mol. The average Bonchev–Trinajstić information content (AvgIpc) is 2.83. The van der Waals surface area contributed by atoms with Crippen LogP contribution in [0.1, 0.15) is 30.5 Å². The van der Waals surface area contributed by atoms with Crippen LogP contribution in [0.3, 0.4) is 0 Å². The first-order valence-electron chi connectivity index (χ1n) is 6.15. The third-order valence-corrected chi connectivity index (χ3v) is 3.68. The highest BCUT2D eigenvalue weighted by atomic mass is 32.1. The van der Waals surface area contributed by atoms with Crippen molar-refractivity contribution < 1.29 is 4.79 Å². The molecule has 0 saturated carbocycles. The summed E-state index contributed by atoms with van der Waals surface area (Å²) in [5, 5.41) is 8.22. The summed E-state index contributed by atoms with van der Waals surface area (Å²) in [7, 11) is 0. The molecule has 0 aliphatic heterocycles. The lowest BCUT2D eigenvalue weighted by molar-refractivity contribution is -0.114. The molecule has 1 amide bonds. The van der Waals surface area contributed by atoms with Crippen LogP contribution in [0.5, 0.6) is 0 Å². The first kappa shape index (κ1) is 13.7. The summed E-state index contributed by atoms with van der Waals surface area (Å²) >= 11 is 1.63. The second-order valence-corrected chi connectivity index (χ2v) is 5.30. The van der Waals surface area contributed by atoms with Crippen molar-refractivity contribution in [3.05, 3.63) is 46.4 Å². The van der Waals surface area contributed by atoms with Crippen LogP contribution in [0.2, 0.25) is 0 Å². The lowest BCUT2D eigenvalue weighted by atomic mass is 10.2. The Morgan fingerprint density at radius 3 is 2.95 bits per heavy atom. The molecule has 2 heterocycles. The molecule has 0 aliphatic carbocycles. The number of hydrogen-bond acceptors (Lipinski definition) is 4. The van der Waals surface area contributed by atoms with E-state index in [2.05, 4.69) is 22.5 Å². The van der Waals surface area contributed by atoms with Gasteiger partial charge in [-0.2, -0.15) is 0 Å². The first-order valence-corrected chi connectivity index (χ1v) is 7.03.